The Hall–Kier alpha value is -2.76. The topological polar surface area (TPSA) is 58.9 Å². The van der Waals surface area contributed by atoms with E-state index in [1.54, 1.807) is 0 Å². The lowest BCUT2D eigenvalue weighted by molar-refractivity contribution is 0.103. The molecule has 0 amide bonds. The van der Waals surface area contributed by atoms with E-state index >= 15 is 0 Å². The van der Waals surface area contributed by atoms with Gasteiger partial charge in [0, 0.05) is 22.7 Å². The zero-order valence-corrected chi connectivity index (χ0v) is 10.6. The standard InChI is InChI=1S/C15H9F3N2O/c16-7-1-2-8-9(6-20-12(8)5-7)15(21)13-10(17)3-4-11(19)14(13)18/h1-6,20H,19H2. The van der Waals surface area contributed by atoms with Crippen molar-refractivity contribution in [3.05, 3.63) is 65.1 Å². The van der Waals surface area contributed by atoms with Gasteiger partial charge in [0.2, 0.25) is 5.78 Å². The molecule has 0 saturated carbocycles. The van der Waals surface area contributed by atoms with Crippen molar-refractivity contribution in [2.24, 2.45) is 0 Å². The largest absolute Gasteiger partial charge is 0.396 e. The molecule has 3 aromatic rings. The first-order chi connectivity index (χ1) is 9.99. The van der Waals surface area contributed by atoms with Gasteiger partial charge in [0.25, 0.3) is 0 Å². The summed E-state index contributed by atoms with van der Waals surface area (Å²) in [6, 6.07) is 5.71. The molecule has 21 heavy (non-hydrogen) atoms. The van der Waals surface area contributed by atoms with Crippen molar-refractivity contribution < 1.29 is 18.0 Å². The first kappa shape index (κ1) is 13.2. The van der Waals surface area contributed by atoms with Crippen molar-refractivity contribution in [2.75, 3.05) is 5.73 Å². The first-order valence-electron chi connectivity index (χ1n) is 6.04. The summed E-state index contributed by atoms with van der Waals surface area (Å²) >= 11 is 0. The number of hydrogen-bond acceptors (Lipinski definition) is 2. The van der Waals surface area contributed by atoms with E-state index in [0.29, 0.717) is 10.9 Å². The van der Waals surface area contributed by atoms with E-state index in [-0.39, 0.29) is 11.3 Å². The van der Waals surface area contributed by atoms with Crippen molar-refractivity contribution in [3.63, 3.8) is 0 Å². The number of anilines is 1. The van der Waals surface area contributed by atoms with E-state index in [9.17, 15) is 18.0 Å². The van der Waals surface area contributed by atoms with Gasteiger partial charge in [-0.05, 0) is 30.3 Å². The van der Waals surface area contributed by atoms with Crippen LogP contribution >= 0.6 is 0 Å². The van der Waals surface area contributed by atoms with Crippen LogP contribution in [0.2, 0.25) is 0 Å². The molecule has 106 valence electrons. The molecule has 1 heterocycles. The molecule has 0 bridgehead atoms. The van der Waals surface area contributed by atoms with E-state index < -0.39 is 28.8 Å². The number of fused-ring (bicyclic) bond motifs is 1. The fourth-order valence-electron chi connectivity index (χ4n) is 2.20. The lowest BCUT2D eigenvalue weighted by atomic mass is 10.0. The number of aromatic nitrogens is 1. The van der Waals surface area contributed by atoms with E-state index in [4.69, 9.17) is 5.73 Å². The molecule has 3 N–H and O–H groups in total. The van der Waals surface area contributed by atoms with Crippen molar-refractivity contribution in [1.82, 2.24) is 4.98 Å². The van der Waals surface area contributed by atoms with Gasteiger partial charge in [0.1, 0.15) is 11.6 Å². The molecule has 0 aliphatic rings. The number of rotatable bonds is 2. The normalized spacial score (nSPS) is 11.0. The van der Waals surface area contributed by atoms with Crippen LogP contribution in [-0.4, -0.2) is 10.8 Å². The van der Waals surface area contributed by atoms with Gasteiger partial charge in [-0.25, -0.2) is 13.2 Å². The fraction of sp³-hybridized carbons (Fsp3) is 0. The van der Waals surface area contributed by atoms with Gasteiger partial charge >= 0.3 is 0 Å². The van der Waals surface area contributed by atoms with E-state index in [2.05, 4.69) is 4.98 Å². The maximum atomic E-state index is 13.9. The van der Waals surface area contributed by atoms with Crippen molar-refractivity contribution in [2.45, 2.75) is 0 Å². The van der Waals surface area contributed by atoms with Crippen LogP contribution in [0.5, 0.6) is 0 Å². The summed E-state index contributed by atoms with van der Waals surface area (Å²) in [6.45, 7) is 0. The average molecular weight is 290 g/mol. The van der Waals surface area contributed by atoms with Crippen LogP contribution in [0.3, 0.4) is 0 Å². The third-order valence-corrected chi connectivity index (χ3v) is 3.24. The molecule has 3 nitrogen and oxygen atoms in total. The molecular weight excluding hydrogens is 281 g/mol. The molecule has 0 radical (unpaired) electrons. The molecule has 2 aromatic carbocycles. The zero-order valence-electron chi connectivity index (χ0n) is 10.6. The molecule has 0 aliphatic heterocycles. The Bertz CT molecular complexity index is 871. The monoisotopic (exact) mass is 290 g/mol. The van der Waals surface area contributed by atoms with Gasteiger partial charge in [-0.15, -0.1) is 0 Å². The minimum absolute atomic E-state index is 0.0494. The van der Waals surface area contributed by atoms with E-state index in [1.807, 2.05) is 0 Å². The summed E-state index contributed by atoms with van der Waals surface area (Å²) in [6.07, 6.45) is 1.29. The number of hydrogen-bond donors (Lipinski definition) is 2. The van der Waals surface area contributed by atoms with Crippen LogP contribution < -0.4 is 5.73 Å². The Labute approximate surface area is 117 Å². The zero-order chi connectivity index (χ0) is 15.1. The van der Waals surface area contributed by atoms with Crippen LogP contribution in [0.15, 0.2) is 36.5 Å². The lowest BCUT2D eigenvalue weighted by Gasteiger charge is -2.05. The van der Waals surface area contributed by atoms with Crippen molar-refractivity contribution in [1.29, 1.82) is 0 Å². The smallest absolute Gasteiger partial charge is 0.201 e. The maximum absolute atomic E-state index is 13.9. The third-order valence-electron chi connectivity index (χ3n) is 3.24. The summed E-state index contributed by atoms with van der Waals surface area (Å²) in [5, 5.41) is 0.377. The number of H-pyrrole nitrogens is 1. The third kappa shape index (κ3) is 2.05. The number of carbonyl (C=O) groups is 1. The van der Waals surface area contributed by atoms with Crippen LogP contribution in [0.1, 0.15) is 15.9 Å². The number of benzene rings is 2. The molecule has 1 aromatic heterocycles. The summed E-state index contributed by atoms with van der Waals surface area (Å²) in [5.41, 5.74) is 4.74. The van der Waals surface area contributed by atoms with Gasteiger partial charge in [-0.1, -0.05) is 0 Å². The highest BCUT2D eigenvalue weighted by Crippen LogP contribution is 2.26. The Morgan fingerprint density at radius 1 is 1.10 bits per heavy atom. The summed E-state index contributed by atoms with van der Waals surface area (Å²) in [4.78, 5) is 15.0. The van der Waals surface area contributed by atoms with Crippen molar-refractivity contribution >= 4 is 22.4 Å². The maximum Gasteiger partial charge on any atom is 0.201 e. The van der Waals surface area contributed by atoms with Crippen LogP contribution in [0.4, 0.5) is 18.9 Å². The Morgan fingerprint density at radius 3 is 2.62 bits per heavy atom. The van der Waals surface area contributed by atoms with Crippen LogP contribution in [0.25, 0.3) is 10.9 Å². The van der Waals surface area contributed by atoms with Crippen LogP contribution in [-0.2, 0) is 0 Å². The molecule has 0 unspecified atom stereocenters. The number of nitrogens with one attached hydrogen (secondary N) is 1. The number of carbonyl (C=O) groups excluding carboxylic acids is 1. The summed E-state index contributed by atoms with van der Waals surface area (Å²) < 4.78 is 40.8. The molecule has 0 spiro atoms. The Kier molecular flexibility index (Phi) is 2.94. The molecular formula is C15H9F3N2O. The molecule has 3 rings (SSSR count). The molecule has 0 fully saturated rings. The minimum atomic E-state index is -1.10. The second-order valence-corrected chi connectivity index (χ2v) is 4.55. The second kappa shape index (κ2) is 4.66. The summed E-state index contributed by atoms with van der Waals surface area (Å²) in [5.74, 6) is -3.43. The van der Waals surface area contributed by atoms with Gasteiger partial charge in [0.15, 0.2) is 5.82 Å². The minimum Gasteiger partial charge on any atom is -0.396 e. The predicted molar refractivity (Wildman–Crippen MR) is 72.5 cm³/mol. The van der Waals surface area contributed by atoms with Gasteiger partial charge in [-0.2, -0.15) is 0 Å². The summed E-state index contributed by atoms with van der Waals surface area (Å²) in [7, 11) is 0. The molecule has 0 aliphatic carbocycles. The van der Waals surface area contributed by atoms with E-state index in [1.165, 1.54) is 24.4 Å². The predicted octanol–water partition coefficient (Wildman–Crippen LogP) is 3.40. The number of aromatic amines is 1. The highest BCUT2D eigenvalue weighted by Gasteiger charge is 2.23. The highest BCUT2D eigenvalue weighted by molar-refractivity contribution is 6.16. The SMILES string of the molecule is Nc1ccc(F)c(C(=O)c2c[nH]c3cc(F)ccc23)c1F. The second-order valence-electron chi connectivity index (χ2n) is 4.55. The van der Waals surface area contributed by atoms with Crippen LogP contribution in [0, 0.1) is 17.5 Å². The number of nitrogen functional groups attached to an aromatic ring is 1. The van der Waals surface area contributed by atoms with Gasteiger partial charge in [-0.3, -0.25) is 4.79 Å². The Balaban J connectivity index is 2.20. The molecule has 0 saturated heterocycles. The fourth-order valence-corrected chi connectivity index (χ4v) is 2.20. The quantitative estimate of drug-likeness (QED) is 0.561. The lowest BCUT2D eigenvalue weighted by Crippen LogP contribution is -2.09. The first-order valence-corrected chi connectivity index (χ1v) is 6.04. The van der Waals surface area contributed by atoms with Gasteiger partial charge < -0.3 is 10.7 Å². The molecule has 6 heteroatoms. The van der Waals surface area contributed by atoms with E-state index in [0.717, 1.165) is 12.1 Å². The number of ketones is 1. The van der Waals surface area contributed by atoms with Gasteiger partial charge in [0.05, 0.1) is 11.3 Å². The Morgan fingerprint density at radius 2 is 1.86 bits per heavy atom. The average Bonchev–Trinajstić information content (AvgIpc) is 2.86. The van der Waals surface area contributed by atoms with Crippen molar-refractivity contribution in [3.8, 4) is 0 Å². The number of halogens is 3. The molecule has 0 atom stereocenters. The number of nitrogens with two attached hydrogens (primary N) is 1. The highest BCUT2D eigenvalue weighted by atomic mass is 19.1.